The van der Waals surface area contributed by atoms with Gasteiger partial charge >= 0.3 is 0 Å². The predicted molar refractivity (Wildman–Crippen MR) is 111 cm³/mol. The Morgan fingerprint density at radius 1 is 1.24 bits per heavy atom. The van der Waals surface area contributed by atoms with Gasteiger partial charge in [0.1, 0.15) is 5.75 Å². The highest BCUT2D eigenvalue weighted by Gasteiger charge is 2.24. The molecule has 1 amide bonds. The number of piperazine rings is 1. The summed E-state index contributed by atoms with van der Waals surface area (Å²) in [6, 6.07) is 9.56. The lowest BCUT2D eigenvalue weighted by Gasteiger charge is -2.34. The molecule has 0 bridgehead atoms. The minimum Gasteiger partial charge on any atom is -0.494 e. The van der Waals surface area contributed by atoms with Gasteiger partial charge in [-0.15, -0.1) is 11.3 Å². The molecule has 1 saturated heterocycles. The number of carbonyl (C=O) groups is 1. The normalized spacial score (nSPS) is 14.9. The first-order chi connectivity index (χ1) is 14.1. The molecule has 2 aromatic heterocycles. The van der Waals surface area contributed by atoms with E-state index in [2.05, 4.69) is 15.0 Å². The Balaban J connectivity index is 1.32. The van der Waals surface area contributed by atoms with E-state index < -0.39 is 0 Å². The predicted octanol–water partition coefficient (Wildman–Crippen LogP) is 3.46. The fourth-order valence-electron chi connectivity index (χ4n) is 3.41. The zero-order valence-corrected chi connectivity index (χ0v) is 17.4. The summed E-state index contributed by atoms with van der Waals surface area (Å²) < 4.78 is 10.9. The summed E-state index contributed by atoms with van der Waals surface area (Å²) in [5, 5.41) is 6.07. The van der Waals surface area contributed by atoms with E-state index >= 15 is 0 Å². The van der Waals surface area contributed by atoms with Crippen LogP contribution in [-0.4, -0.2) is 58.6 Å². The van der Waals surface area contributed by atoms with Gasteiger partial charge in [0.05, 0.1) is 18.0 Å². The van der Waals surface area contributed by atoms with E-state index in [0.717, 1.165) is 29.3 Å². The standard InChI is InChI=1S/C21H24N4O3S/c1-3-27-17-7-6-16(13-15(17)2)21(26)25-10-8-24(9-11-25)14-19-22-20(28-23-19)18-5-4-12-29-18/h4-7,12-13H,3,8-11,14H2,1-2H3. The van der Waals surface area contributed by atoms with Crippen molar-refractivity contribution < 1.29 is 14.1 Å². The van der Waals surface area contributed by atoms with Crippen molar-refractivity contribution in [2.45, 2.75) is 20.4 Å². The fraction of sp³-hybridized carbons (Fsp3) is 0.381. The highest BCUT2D eigenvalue weighted by Crippen LogP contribution is 2.23. The molecule has 8 heteroatoms. The Labute approximate surface area is 173 Å². The highest BCUT2D eigenvalue weighted by atomic mass is 32.1. The van der Waals surface area contributed by atoms with Gasteiger partial charge in [0.25, 0.3) is 11.8 Å². The first kappa shape index (κ1) is 19.6. The second-order valence-corrected chi connectivity index (χ2v) is 7.92. The maximum atomic E-state index is 12.8. The maximum absolute atomic E-state index is 12.8. The molecule has 0 spiro atoms. The molecule has 1 fully saturated rings. The van der Waals surface area contributed by atoms with Gasteiger partial charge in [-0.3, -0.25) is 9.69 Å². The number of hydrogen-bond donors (Lipinski definition) is 0. The van der Waals surface area contributed by atoms with Crippen LogP contribution in [-0.2, 0) is 6.54 Å². The van der Waals surface area contributed by atoms with Crippen molar-refractivity contribution in [2.75, 3.05) is 32.8 Å². The summed E-state index contributed by atoms with van der Waals surface area (Å²) >= 11 is 1.58. The lowest BCUT2D eigenvalue weighted by atomic mass is 10.1. The van der Waals surface area contributed by atoms with Crippen LogP contribution in [0.5, 0.6) is 5.75 Å². The number of amides is 1. The molecule has 0 unspecified atom stereocenters. The van der Waals surface area contributed by atoms with E-state index in [1.54, 1.807) is 11.3 Å². The van der Waals surface area contributed by atoms with Crippen molar-refractivity contribution in [3.63, 3.8) is 0 Å². The molecule has 3 aromatic rings. The summed E-state index contributed by atoms with van der Waals surface area (Å²) in [5.74, 6) is 2.14. The Bertz CT molecular complexity index is 962. The summed E-state index contributed by atoms with van der Waals surface area (Å²) in [7, 11) is 0. The third-order valence-corrected chi connectivity index (χ3v) is 5.80. The van der Waals surface area contributed by atoms with Crippen LogP contribution < -0.4 is 4.74 Å². The number of ether oxygens (including phenoxy) is 1. The Morgan fingerprint density at radius 2 is 2.07 bits per heavy atom. The largest absolute Gasteiger partial charge is 0.494 e. The molecule has 1 aliphatic rings. The van der Waals surface area contributed by atoms with Crippen LogP contribution in [0, 0.1) is 6.92 Å². The first-order valence-electron chi connectivity index (χ1n) is 9.75. The lowest BCUT2D eigenvalue weighted by molar-refractivity contribution is 0.0624. The van der Waals surface area contributed by atoms with Crippen molar-refractivity contribution in [2.24, 2.45) is 0 Å². The van der Waals surface area contributed by atoms with Crippen molar-refractivity contribution in [3.05, 3.63) is 52.7 Å². The van der Waals surface area contributed by atoms with Gasteiger partial charge in [-0.05, 0) is 49.1 Å². The molecular formula is C21H24N4O3S. The van der Waals surface area contributed by atoms with E-state index in [4.69, 9.17) is 9.26 Å². The molecule has 4 rings (SSSR count). The molecule has 152 valence electrons. The van der Waals surface area contributed by atoms with Crippen LogP contribution in [0.2, 0.25) is 0 Å². The number of benzene rings is 1. The average Bonchev–Trinajstić information content (AvgIpc) is 3.42. The SMILES string of the molecule is CCOc1ccc(C(=O)N2CCN(Cc3noc(-c4cccs4)n3)CC2)cc1C. The van der Waals surface area contributed by atoms with Crippen LogP contribution in [0.4, 0.5) is 0 Å². The molecule has 1 aliphatic heterocycles. The molecule has 0 aliphatic carbocycles. The van der Waals surface area contributed by atoms with Gasteiger partial charge in [-0.2, -0.15) is 4.98 Å². The lowest BCUT2D eigenvalue weighted by Crippen LogP contribution is -2.48. The van der Waals surface area contributed by atoms with Crippen molar-refractivity contribution >= 4 is 17.2 Å². The molecule has 0 N–H and O–H groups in total. The number of aromatic nitrogens is 2. The van der Waals surface area contributed by atoms with Gasteiger partial charge in [0.2, 0.25) is 0 Å². The van der Waals surface area contributed by atoms with E-state index in [-0.39, 0.29) is 5.91 Å². The van der Waals surface area contributed by atoms with E-state index in [9.17, 15) is 4.79 Å². The smallest absolute Gasteiger partial charge is 0.268 e. The molecule has 7 nitrogen and oxygen atoms in total. The number of nitrogens with zero attached hydrogens (tertiary/aromatic N) is 4. The minimum atomic E-state index is 0.0651. The Morgan fingerprint density at radius 3 is 2.76 bits per heavy atom. The summed E-state index contributed by atoms with van der Waals surface area (Å²) in [6.07, 6.45) is 0. The van der Waals surface area contributed by atoms with Gasteiger partial charge in [-0.25, -0.2) is 0 Å². The summed E-state index contributed by atoms with van der Waals surface area (Å²) in [4.78, 5) is 22.5. The fourth-order valence-corrected chi connectivity index (χ4v) is 4.05. The van der Waals surface area contributed by atoms with Crippen LogP contribution in [0.25, 0.3) is 10.8 Å². The number of thiophene rings is 1. The zero-order chi connectivity index (χ0) is 20.2. The van der Waals surface area contributed by atoms with E-state index in [0.29, 0.717) is 43.5 Å². The second-order valence-electron chi connectivity index (χ2n) is 6.97. The van der Waals surface area contributed by atoms with E-state index in [1.807, 2.05) is 54.5 Å². The number of hydrogen-bond acceptors (Lipinski definition) is 7. The highest BCUT2D eigenvalue weighted by molar-refractivity contribution is 7.13. The average molecular weight is 413 g/mol. The molecule has 0 atom stereocenters. The maximum Gasteiger partial charge on any atom is 0.268 e. The van der Waals surface area contributed by atoms with Gasteiger partial charge in [0, 0.05) is 31.7 Å². The molecule has 0 saturated carbocycles. The van der Waals surface area contributed by atoms with Crippen LogP contribution in [0.15, 0.2) is 40.2 Å². The minimum absolute atomic E-state index is 0.0651. The van der Waals surface area contributed by atoms with Crippen LogP contribution >= 0.6 is 11.3 Å². The zero-order valence-electron chi connectivity index (χ0n) is 16.6. The number of aryl methyl sites for hydroxylation is 1. The van der Waals surface area contributed by atoms with Gasteiger partial charge in [-0.1, -0.05) is 11.2 Å². The first-order valence-corrected chi connectivity index (χ1v) is 10.6. The Hall–Kier alpha value is -2.71. The third-order valence-electron chi connectivity index (χ3n) is 4.95. The van der Waals surface area contributed by atoms with Crippen LogP contribution in [0.1, 0.15) is 28.7 Å². The quantitative estimate of drug-likeness (QED) is 0.617. The monoisotopic (exact) mass is 412 g/mol. The molecule has 0 radical (unpaired) electrons. The van der Waals surface area contributed by atoms with Crippen molar-refractivity contribution in [3.8, 4) is 16.5 Å². The van der Waals surface area contributed by atoms with Crippen LogP contribution in [0.3, 0.4) is 0 Å². The summed E-state index contributed by atoms with van der Waals surface area (Å²) in [6.45, 7) is 8.09. The number of rotatable bonds is 6. The summed E-state index contributed by atoms with van der Waals surface area (Å²) in [5.41, 5.74) is 1.69. The second kappa shape index (κ2) is 8.75. The Kier molecular flexibility index (Phi) is 5.92. The molecule has 3 heterocycles. The third kappa shape index (κ3) is 4.49. The van der Waals surface area contributed by atoms with Gasteiger partial charge < -0.3 is 14.2 Å². The topological polar surface area (TPSA) is 71.7 Å². The van der Waals surface area contributed by atoms with Gasteiger partial charge in [0.15, 0.2) is 5.82 Å². The van der Waals surface area contributed by atoms with E-state index in [1.165, 1.54) is 0 Å². The molecule has 1 aromatic carbocycles. The van der Waals surface area contributed by atoms with Crippen molar-refractivity contribution in [1.82, 2.24) is 19.9 Å². The molecular weight excluding hydrogens is 388 g/mol. The van der Waals surface area contributed by atoms with Crippen molar-refractivity contribution in [1.29, 1.82) is 0 Å². The molecule has 29 heavy (non-hydrogen) atoms. The number of carbonyl (C=O) groups excluding carboxylic acids is 1.